The molecule has 0 saturated carbocycles. The van der Waals surface area contributed by atoms with Crippen molar-refractivity contribution in [2.24, 2.45) is 10.7 Å². The summed E-state index contributed by atoms with van der Waals surface area (Å²) in [4.78, 5) is 4.30. The van der Waals surface area contributed by atoms with Crippen LogP contribution in [0.15, 0.2) is 29.3 Å². The van der Waals surface area contributed by atoms with Crippen LogP contribution in [0, 0.1) is 0 Å². The Hall–Kier alpha value is -0.840. The third-order valence-electron chi connectivity index (χ3n) is 2.91. The van der Waals surface area contributed by atoms with Crippen molar-refractivity contribution in [3.63, 3.8) is 0 Å². The van der Waals surface area contributed by atoms with E-state index in [0.717, 1.165) is 26.1 Å². The molecule has 1 rings (SSSR count). The van der Waals surface area contributed by atoms with Gasteiger partial charge in [0.05, 0.1) is 5.16 Å². The summed E-state index contributed by atoms with van der Waals surface area (Å²) in [5, 5.41) is 9.25. The molecule has 2 unspecified atom stereocenters. The number of hydrogen-bond donors (Lipinski definition) is 3. The zero-order valence-electron chi connectivity index (χ0n) is 10.9. The molecule has 100 valence electrons. The lowest BCUT2D eigenvalue weighted by molar-refractivity contribution is 0.445. The SMILES string of the molecule is CC(CNCC1(N=C=S)C=CC=CC1)NCCN. The molecule has 2 atom stereocenters. The molecule has 0 fully saturated rings. The van der Waals surface area contributed by atoms with Crippen LogP contribution < -0.4 is 16.4 Å². The fourth-order valence-corrected chi connectivity index (χ4v) is 2.09. The molecule has 0 amide bonds. The summed E-state index contributed by atoms with van der Waals surface area (Å²) in [6.45, 7) is 5.29. The van der Waals surface area contributed by atoms with Crippen LogP contribution in [0.1, 0.15) is 13.3 Å². The Labute approximate surface area is 114 Å². The van der Waals surface area contributed by atoms with E-state index in [2.05, 4.69) is 39.9 Å². The quantitative estimate of drug-likeness (QED) is 0.451. The van der Waals surface area contributed by atoms with Gasteiger partial charge in [-0.05, 0) is 25.6 Å². The molecule has 0 aromatic rings. The minimum Gasteiger partial charge on any atom is -0.329 e. The van der Waals surface area contributed by atoms with Gasteiger partial charge in [0.25, 0.3) is 0 Å². The second-order valence-electron chi connectivity index (χ2n) is 4.57. The molecule has 0 spiro atoms. The Morgan fingerprint density at radius 3 is 3.00 bits per heavy atom. The number of rotatable bonds is 8. The Balaban J connectivity index is 2.37. The van der Waals surface area contributed by atoms with Crippen LogP contribution >= 0.6 is 12.2 Å². The van der Waals surface area contributed by atoms with E-state index in [9.17, 15) is 0 Å². The van der Waals surface area contributed by atoms with Gasteiger partial charge in [-0.25, -0.2) is 4.99 Å². The number of nitrogens with one attached hydrogen (secondary N) is 2. The maximum Gasteiger partial charge on any atom is 0.105 e. The Kier molecular flexibility index (Phi) is 7.01. The molecule has 0 aromatic carbocycles. The highest BCUT2D eigenvalue weighted by Crippen LogP contribution is 2.21. The highest BCUT2D eigenvalue weighted by molar-refractivity contribution is 7.78. The predicted octanol–water partition coefficient (Wildman–Crippen LogP) is 0.870. The average molecular weight is 266 g/mol. The van der Waals surface area contributed by atoms with Crippen molar-refractivity contribution in [3.8, 4) is 0 Å². The highest BCUT2D eigenvalue weighted by atomic mass is 32.1. The number of hydrogen-bond acceptors (Lipinski definition) is 5. The summed E-state index contributed by atoms with van der Waals surface area (Å²) in [6, 6.07) is 0.394. The first-order valence-corrected chi connectivity index (χ1v) is 6.71. The Morgan fingerprint density at radius 1 is 1.56 bits per heavy atom. The van der Waals surface area contributed by atoms with Crippen LogP contribution in [0.2, 0.25) is 0 Å². The van der Waals surface area contributed by atoms with Crippen LogP contribution in [-0.4, -0.2) is 42.9 Å². The molecule has 1 aliphatic carbocycles. The number of aliphatic imine (C=N–C) groups is 1. The summed E-state index contributed by atoms with van der Waals surface area (Å²) in [5.74, 6) is 0. The smallest absolute Gasteiger partial charge is 0.105 e. The number of isothiocyanates is 1. The minimum absolute atomic E-state index is 0.260. The summed E-state index contributed by atoms with van der Waals surface area (Å²) < 4.78 is 0. The van der Waals surface area contributed by atoms with Gasteiger partial charge >= 0.3 is 0 Å². The lowest BCUT2D eigenvalue weighted by Gasteiger charge is -2.27. The van der Waals surface area contributed by atoms with E-state index in [1.807, 2.05) is 12.2 Å². The van der Waals surface area contributed by atoms with E-state index in [-0.39, 0.29) is 5.54 Å². The largest absolute Gasteiger partial charge is 0.329 e. The number of nitrogens with zero attached hydrogens (tertiary/aromatic N) is 1. The van der Waals surface area contributed by atoms with Crippen molar-refractivity contribution in [2.45, 2.75) is 24.9 Å². The van der Waals surface area contributed by atoms with Gasteiger partial charge < -0.3 is 16.4 Å². The molecule has 0 aliphatic heterocycles. The van der Waals surface area contributed by atoms with Crippen molar-refractivity contribution in [2.75, 3.05) is 26.2 Å². The van der Waals surface area contributed by atoms with Crippen LogP contribution in [0.5, 0.6) is 0 Å². The van der Waals surface area contributed by atoms with Crippen LogP contribution in [0.4, 0.5) is 0 Å². The first-order chi connectivity index (χ1) is 8.72. The molecule has 0 aromatic heterocycles. The van der Waals surface area contributed by atoms with Gasteiger partial charge in [-0.15, -0.1) is 0 Å². The summed E-state index contributed by atoms with van der Waals surface area (Å²) in [5.41, 5.74) is 5.19. The summed E-state index contributed by atoms with van der Waals surface area (Å²) in [7, 11) is 0. The third-order valence-corrected chi connectivity index (χ3v) is 3.00. The molecular weight excluding hydrogens is 244 g/mol. The fourth-order valence-electron chi connectivity index (χ4n) is 1.90. The van der Waals surface area contributed by atoms with Gasteiger partial charge in [0.1, 0.15) is 5.54 Å². The third kappa shape index (κ3) is 5.21. The topological polar surface area (TPSA) is 62.4 Å². The van der Waals surface area contributed by atoms with Crippen LogP contribution in [-0.2, 0) is 0 Å². The molecular formula is C13H22N4S. The molecule has 0 radical (unpaired) electrons. The van der Waals surface area contributed by atoms with E-state index in [0.29, 0.717) is 12.6 Å². The van der Waals surface area contributed by atoms with E-state index in [1.54, 1.807) is 0 Å². The number of thiocarbonyl (C=S) groups is 1. The number of allylic oxidation sites excluding steroid dienone is 2. The first kappa shape index (κ1) is 15.2. The van der Waals surface area contributed by atoms with Crippen molar-refractivity contribution >= 4 is 17.4 Å². The van der Waals surface area contributed by atoms with E-state index < -0.39 is 0 Å². The van der Waals surface area contributed by atoms with Gasteiger partial charge in [-0.3, -0.25) is 0 Å². The Bertz CT molecular complexity index is 347. The maximum absolute atomic E-state index is 5.45. The summed E-state index contributed by atoms with van der Waals surface area (Å²) >= 11 is 4.74. The molecule has 18 heavy (non-hydrogen) atoms. The second kappa shape index (κ2) is 8.29. The molecule has 0 bridgehead atoms. The Morgan fingerprint density at radius 2 is 2.39 bits per heavy atom. The van der Waals surface area contributed by atoms with E-state index in [1.165, 1.54) is 0 Å². The molecule has 5 heteroatoms. The standard InChI is InChI=1S/C13H22N4S/c1-12(16-8-7-14)9-15-10-13(17-11-18)5-3-2-4-6-13/h2-5,12,15-16H,6-10,14H2,1H3. The van der Waals surface area contributed by atoms with Crippen LogP contribution in [0.3, 0.4) is 0 Å². The van der Waals surface area contributed by atoms with Crippen molar-refractivity contribution in [1.29, 1.82) is 0 Å². The lowest BCUT2D eigenvalue weighted by atomic mass is 9.92. The molecule has 4 N–H and O–H groups in total. The lowest BCUT2D eigenvalue weighted by Crippen LogP contribution is -2.44. The predicted molar refractivity (Wildman–Crippen MR) is 80.0 cm³/mol. The van der Waals surface area contributed by atoms with Crippen molar-refractivity contribution in [1.82, 2.24) is 10.6 Å². The molecule has 1 aliphatic rings. The van der Waals surface area contributed by atoms with E-state index in [4.69, 9.17) is 18.0 Å². The zero-order chi connectivity index (χ0) is 13.3. The maximum atomic E-state index is 5.45. The van der Waals surface area contributed by atoms with Gasteiger partial charge in [0.15, 0.2) is 0 Å². The number of nitrogens with two attached hydrogens (primary N) is 1. The highest BCUT2D eigenvalue weighted by Gasteiger charge is 2.25. The molecule has 4 nitrogen and oxygen atoms in total. The van der Waals surface area contributed by atoms with Crippen LogP contribution in [0.25, 0.3) is 0 Å². The van der Waals surface area contributed by atoms with Gasteiger partial charge in [-0.1, -0.05) is 24.3 Å². The molecule has 0 heterocycles. The van der Waals surface area contributed by atoms with Gasteiger partial charge in [-0.2, -0.15) is 0 Å². The van der Waals surface area contributed by atoms with Gasteiger partial charge in [0.2, 0.25) is 0 Å². The van der Waals surface area contributed by atoms with Gasteiger partial charge in [0, 0.05) is 32.2 Å². The fraction of sp³-hybridized carbons (Fsp3) is 0.615. The van der Waals surface area contributed by atoms with E-state index >= 15 is 0 Å². The monoisotopic (exact) mass is 266 g/mol. The molecule has 0 saturated heterocycles. The second-order valence-corrected chi connectivity index (χ2v) is 4.76. The van der Waals surface area contributed by atoms with Crippen molar-refractivity contribution in [3.05, 3.63) is 24.3 Å². The van der Waals surface area contributed by atoms with Crippen molar-refractivity contribution < 1.29 is 0 Å². The first-order valence-electron chi connectivity index (χ1n) is 6.30. The average Bonchev–Trinajstić information content (AvgIpc) is 2.38. The minimum atomic E-state index is -0.260. The zero-order valence-corrected chi connectivity index (χ0v) is 11.7. The normalized spacial score (nSPS) is 23.7. The summed E-state index contributed by atoms with van der Waals surface area (Å²) in [6.07, 6.45) is 9.09.